The second-order valence-corrected chi connectivity index (χ2v) is 9.07. The van der Waals surface area contributed by atoms with E-state index in [2.05, 4.69) is 30.3 Å². The summed E-state index contributed by atoms with van der Waals surface area (Å²) in [7, 11) is 0. The Labute approximate surface area is 174 Å². The van der Waals surface area contributed by atoms with Crippen LogP contribution in [0.15, 0.2) is 42.5 Å². The summed E-state index contributed by atoms with van der Waals surface area (Å²) in [4.78, 5) is 20.7. The Morgan fingerprint density at radius 3 is 2.79 bits per heavy atom. The molecule has 2 heterocycles. The number of carbonyl (C=O) groups excluding carboxylic acids is 1. The molecule has 2 aliphatic rings. The maximum atomic E-state index is 12.6. The highest BCUT2D eigenvalue weighted by Gasteiger charge is 2.25. The highest BCUT2D eigenvalue weighted by Crippen LogP contribution is 2.26. The summed E-state index contributed by atoms with van der Waals surface area (Å²) in [5.41, 5.74) is 3.89. The first-order chi connectivity index (χ1) is 14.2. The maximum absolute atomic E-state index is 12.6. The number of nitrogens with zero attached hydrogens (tertiary/aromatic N) is 2. The molecule has 1 aliphatic carbocycles. The topological polar surface area (TPSA) is 46.9 Å². The number of amides is 1. The molecule has 1 saturated heterocycles. The SMILES string of the molecule is O=C(COc1ccc2c(c1)CCC2)N1CC[NH+](Cc2nc3ccccc3s2)CC1. The van der Waals surface area contributed by atoms with E-state index in [4.69, 9.17) is 9.72 Å². The number of aryl methyl sites for hydroxylation is 2. The second-order valence-electron chi connectivity index (χ2n) is 7.96. The number of nitrogens with one attached hydrogen (secondary N) is 1. The number of aromatic nitrogens is 1. The number of thiazole rings is 1. The van der Waals surface area contributed by atoms with Gasteiger partial charge < -0.3 is 14.5 Å². The largest absolute Gasteiger partial charge is 0.484 e. The van der Waals surface area contributed by atoms with Crippen molar-refractivity contribution in [3.8, 4) is 5.75 Å². The van der Waals surface area contributed by atoms with Crippen molar-refractivity contribution in [2.24, 2.45) is 0 Å². The molecule has 29 heavy (non-hydrogen) atoms. The van der Waals surface area contributed by atoms with E-state index < -0.39 is 0 Å². The highest BCUT2D eigenvalue weighted by molar-refractivity contribution is 7.18. The molecule has 5 nitrogen and oxygen atoms in total. The molecular weight excluding hydrogens is 382 g/mol. The molecule has 0 unspecified atom stereocenters. The summed E-state index contributed by atoms with van der Waals surface area (Å²) in [6, 6.07) is 14.5. The fourth-order valence-electron chi connectivity index (χ4n) is 4.33. The molecule has 1 N–H and O–H groups in total. The van der Waals surface area contributed by atoms with Crippen molar-refractivity contribution in [3.63, 3.8) is 0 Å². The van der Waals surface area contributed by atoms with Crippen LogP contribution in [0.5, 0.6) is 5.75 Å². The Morgan fingerprint density at radius 2 is 1.93 bits per heavy atom. The third kappa shape index (κ3) is 4.14. The zero-order valence-corrected chi connectivity index (χ0v) is 17.3. The van der Waals surface area contributed by atoms with Gasteiger partial charge in [-0.15, -0.1) is 11.3 Å². The molecule has 0 bridgehead atoms. The lowest BCUT2D eigenvalue weighted by Crippen LogP contribution is -3.13. The summed E-state index contributed by atoms with van der Waals surface area (Å²) >= 11 is 1.78. The van der Waals surface area contributed by atoms with Crippen LogP contribution in [-0.2, 0) is 24.2 Å². The van der Waals surface area contributed by atoms with Crippen LogP contribution < -0.4 is 9.64 Å². The number of hydrogen-bond acceptors (Lipinski definition) is 4. The van der Waals surface area contributed by atoms with Crippen LogP contribution in [-0.4, -0.2) is 48.6 Å². The van der Waals surface area contributed by atoms with Gasteiger partial charge >= 0.3 is 0 Å². The number of para-hydroxylation sites is 1. The number of hydrogen-bond donors (Lipinski definition) is 1. The van der Waals surface area contributed by atoms with Gasteiger partial charge in [0.25, 0.3) is 5.91 Å². The van der Waals surface area contributed by atoms with Crippen LogP contribution in [0.2, 0.25) is 0 Å². The Kier molecular flexibility index (Phi) is 5.21. The molecular formula is C23H26N3O2S+. The van der Waals surface area contributed by atoms with Gasteiger partial charge in [-0.25, -0.2) is 4.98 Å². The van der Waals surface area contributed by atoms with Crippen molar-refractivity contribution >= 4 is 27.5 Å². The van der Waals surface area contributed by atoms with Crippen molar-refractivity contribution in [2.45, 2.75) is 25.8 Å². The second kappa shape index (κ2) is 8.13. The summed E-state index contributed by atoms with van der Waals surface area (Å²) in [5.74, 6) is 0.906. The van der Waals surface area contributed by atoms with E-state index in [0.717, 1.165) is 56.8 Å². The summed E-state index contributed by atoms with van der Waals surface area (Å²) in [6.45, 7) is 4.55. The average Bonchev–Trinajstić information content (AvgIpc) is 3.38. The summed E-state index contributed by atoms with van der Waals surface area (Å²) in [5, 5.41) is 1.18. The molecule has 150 valence electrons. The van der Waals surface area contributed by atoms with Gasteiger partial charge in [0.1, 0.15) is 17.3 Å². The molecule has 0 spiro atoms. The Hall–Kier alpha value is -2.44. The van der Waals surface area contributed by atoms with Crippen LogP contribution in [0.4, 0.5) is 0 Å². The van der Waals surface area contributed by atoms with Crippen molar-refractivity contribution < 1.29 is 14.4 Å². The van der Waals surface area contributed by atoms with Crippen LogP contribution in [0.3, 0.4) is 0 Å². The number of ether oxygens (including phenoxy) is 1. The minimum Gasteiger partial charge on any atom is -0.484 e. The lowest BCUT2D eigenvalue weighted by atomic mass is 10.1. The van der Waals surface area contributed by atoms with Gasteiger partial charge in [-0.05, 0) is 54.7 Å². The Morgan fingerprint density at radius 1 is 1.10 bits per heavy atom. The maximum Gasteiger partial charge on any atom is 0.260 e. The van der Waals surface area contributed by atoms with Crippen LogP contribution in [0.25, 0.3) is 10.2 Å². The fraction of sp³-hybridized carbons (Fsp3) is 0.391. The van der Waals surface area contributed by atoms with Gasteiger partial charge in [-0.1, -0.05) is 18.2 Å². The minimum absolute atomic E-state index is 0.0875. The normalized spacial score (nSPS) is 16.9. The van der Waals surface area contributed by atoms with E-state index >= 15 is 0 Å². The molecule has 1 aromatic heterocycles. The molecule has 0 radical (unpaired) electrons. The zero-order chi connectivity index (χ0) is 19.6. The molecule has 1 aliphatic heterocycles. The lowest BCUT2D eigenvalue weighted by molar-refractivity contribution is -0.917. The number of piperazine rings is 1. The molecule has 6 heteroatoms. The van der Waals surface area contributed by atoms with E-state index in [9.17, 15) is 4.79 Å². The van der Waals surface area contributed by atoms with E-state index in [0.29, 0.717) is 0 Å². The number of carbonyl (C=O) groups is 1. The van der Waals surface area contributed by atoms with Gasteiger partial charge in [-0.3, -0.25) is 4.79 Å². The monoisotopic (exact) mass is 408 g/mol. The van der Waals surface area contributed by atoms with E-state index in [-0.39, 0.29) is 12.5 Å². The first-order valence-electron chi connectivity index (χ1n) is 10.4. The predicted octanol–water partition coefficient (Wildman–Crippen LogP) is 2.09. The van der Waals surface area contributed by atoms with Gasteiger partial charge in [0, 0.05) is 0 Å². The summed E-state index contributed by atoms with van der Waals surface area (Å²) < 4.78 is 7.05. The van der Waals surface area contributed by atoms with E-state index in [1.807, 2.05) is 17.0 Å². The predicted molar refractivity (Wildman–Crippen MR) is 115 cm³/mol. The molecule has 3 aromatic rings. The van der Waals surface area contributed by atoms with Crippen LogP contribution in [0.1, 0.15) is 22.6 Å². The van der Waals surface area contributed by atoms with Crippen LogP contribution >= 0.6 is 11.3 Å². The van der Waals surface area contributed by atoms with Gasteiger partial charge in [0.15, 0.2) is 6.61 Å². The highest BCUT2D eigenvalue weighted by atomic mass is 32.1. The molecule has 0 saturated carbocycles. The standard InChI is InChI=1S/C23H25N3O2S/c27-23(16-28-19-9-8-17-4-3-5-18(17)14-19)26-12-10-25(11-13-26)15-22-24-20-6-1-2-7-21(20)29-22/h1-2,6-9,14H,3-5,10-13,15-16H2/p+1. The number of fused-ring (bicyclic) bond motifs is 2. The lowest BCUT2D eigenvalue weighted by Gasteiger charge is -2.31. The van der Waals surface area contributed by atoms with Gasteiger partial charge in [0.05, 0.1) is 36.4 Å². The first kappa shape index (κ1) is 18.6. The number of benzene rings is 2. The quantitative estimate of drug-likeness (QED) is 0.703. The first-order valence-corrected chi connectivity index (χ1v) is 11.3. The number of rotatable bonds is 5. The molecule has 5 rings (SSSR count). The van der Waals surface area contributed by atoms with Crippen molar-refractivity contribution in [2.75, 3.05) is 32.8 Å². The Balaban J connectivity index is 1.11. The average molecular weight is 409 g/mol. The van der Waals surface area contributed by atoms with Crippen LogP contribution in [0, 0.1) is 0 Å². The third-order valence-electron chi connectivity index (χ3n) is 5.99. The van der Waals surface area contributed by atoms with Gasteiger partial charge in [0.2, 0.25) is 0 Å². The fourth-order valence-corrected chi connectivity index (χ4v) is 5.37. The van der Waals surface area contributed by atoms with E-state index in [1.54, 1.807) is 11.3 Å². The third-order valence-corrected chi connectivity index (χ3v) is 7.03. The van der Waals surface area contributed by atoms with Crippen molar-refractivity contribution in [1.29, 1.82) is 0 Å². The summed E-state index contributed by atoms with van der Waals surface area (Å²) in [6.07, 6.45) is 3.51. The van der Waals surface area contributed by atoms with Gasteiger partial charge in [-0.2, -0.15) is 0 Å². The number of quaternary nitrogens is 1. The van der Waals surface area contributed by atoms with E-state index in [1.165, 1.54) is 32.2 Å². The van der Waals surface area contributed by atoms with Crippen molar-refractivity contribution in [1.82, 2.24) is 9.88 Å². The molecule has 2 aromatic carbocycles. The molecule has 0 atom stereocenters. The van der Waals surface area contributed by atoms with Crippen molar-refractivity contribution in [3.05, 3.63) is 58.6 Å². The molecule has 1 fully saturated rings. The smallest absolute Gasteiger partial charge is 0.260 e. The minimum atomic E-state index is 0.0875. The molecule has 1 amide bonds. The zero-order valence-electron chi connectivity index (χ0n) is 16.5. The Bertz CT molecular complexity index is 991.